The van der Waals surface area contributed by atoms with Crippen LogP contribution in [0.2, 0.25) is 0 Å². The van der Waals surface area contributed by atoms with E-state index in [0.717, 1.165) is 12.8 Å². The van der Waals surface area contributed by atoms with Gasteiger partial charge in [-0.15, -0.1) is 0 Å². The van der Waals surface area contributed by atoms with Crippen molar-refractivity contribution in [1.82, 2.24) is 0 Å². The van der Waals surface area contributed by atoms with Crippen LogP contribution in [-0.2, 0) is 4.79 Å². The summed E-state index contributed by atoms with van der Waals surface area (Å²) in [6.45, 7) is 0. The van der Waals surface area contributed by atoms with E-state index in [4.69, 9.17) is 10.8 Å². The molecule has 14 heavy (non-hydrogen) atoms. The van der Waals surface area contributed by atoms with Gasteiger partial charge in [-0.2, -0.15) is 0 Å². The molecule has 2 aliphatic rings. The molecule has 0 aromatic rings. The largest absolute Gasteiger partial charge is 0.480 e. The van der Waals surface area contributed by atoms with Gasteiger partial charge in [-0.3, -0.25) is 4.79 Å². The van der Waals surface area contributed by atoms with Gasteiger partial charge in [0.2, 0.25) is 0 Å². The van der Waals surface area contributed by atoms with E-state index in [1.165, 1.54) is 0 Å². The Balaban J connectivity index is 2.02. The van der Waals surface area contributed by atoms with Crippen LogP contribution in [0.15, 0.2) is 12.2 Å². The normalized spacial score (nSPS) is 38.6. The molecule has 1 fully saturated rings. The zero-order valence-corrected chi connectivity index (χ0v) is 7.84. The Morgan fingerprint density at radius 1 is 1.43 bits per heavy atom. The third-order valence-electron chi connectivity index (χ3n) is 3.42. The minimum atomic E-state index is -1.15. The Hall–Kier alpha value is -0.870. The van der Waals surface area contributed by atoms with Crippen LogP contribution in [0.25, 0.3) is 0 Å². The molecule has 4 nitrogen and oxygen atoms in total. The molecule has 3 unspecified atom stereocenters. The number of allylic oxidation sites excluding steroid dienone is 2. The Morgan fingerprint density at radius 3 is 2.57 bits per heavy atom. The second kappa shape index (κ2) is 3.37. The van der Waals surface area contributed by atoms with Gasteiger partial charge in [-0.05, 0) is 30.6 Å². The summed E-state index contributed by atoms with van der Waals surface area (Å²) in [6, 6.07) is -1.15. The van der Waals surface area contributed by atoms with E-state index >= 15 is 0 Å². The summed E-state index contributed by atoms with van der Waals surface area (Å²) in [4.78, 5) is 10.6. The second-order valence-electron chi connectivity index (χ2n) is 4.30. The molecule has 0 saturated heterocycles. The highest BCUT2D eigenvalue weighted by Gasteiger charge is 2.42. The van der Waals surface area contributed by atoms with Gasteiger partial charge < -0.3 is 15.9 Å². The van der Waals surface area contributed by atoms with Crippen LogP contribution in [0.4, 0.5) is 0 Å². The molecule has 1 saturated carbocycles. The molecule has 0 aromatic heterocycles. The first-order chi connectivity index (χ1) is 6.59. The number of carbonyl (C=O) groups is 1. The fraction of sp³-hybridized carbons (Fsp3) is 0.700. The number of fused-ring (bicyclic) bond motifs is 2. The molecule has 0 spiro atoms. The van der Waals surface area contributed by atoms with Crippen LogP contribution in [0.1, 0.15) is 12.8 Å². The molecule has 0 aromatic carbocycles. The van der Waals surface area contributed by atoms with Gasteiger partial charge in [-0.1, -0.05) is 12.2 Å². The molecule has 4 heteroatoms. The van der Waals surface area contributed by atoms with E-state index in [1.807, 2.05) is 0 Å². The molecule has 2 aliphatic carbocycles. The molecule has 5 atom stereocenters. The average Bonchev–Trinajstić information content (AvgIpc) is 2.76. The molecule has 78 valence electrons. The first-order valence-electron chi connectivity index (χ1n) is 4.94. The SMILES string of the molecule is N[C@H](C(=O)O)[C@H](O)C1CC2C=CC1C2. The van der Waals surface area contributed by atoms with Crippen molar-refractivity contribution in [3.8, 4) is 0 Å². The lowest BCUT2D eigenvalue weighted by Crippen LogP contribution is -2.46. The molecule has 0 amide bonds. The number of hydrogen-bond acceptors (Lipinski definition) is 3. The van der Waals surface area contributed by atoms with Gasteiger partial charge in [0.25, 0.3) is 0 Å². The predicted molar refractivity (Wildman–Crippen MR) is 50.5 cm³/mol. The summed E-state index contributed by atoms with van der Waals surface area (Å²) < 4.78 is 0. The number of nitrogens with two attached hydrogens (primary N) is 1. The molecule has 0 aliphatic heterocycles. The van der Waals surface area contributed by atoms with Crippen molar-refractivity contribution in [1.29, 1.82) is 0 Å². The van der Waals surface area contributed by atoms with Crippen molar-refractivity contribution in [3.63, 3.8) is 0 Å². The first kappa shape index (κ1) is 9.68. The lowest BCUT2D eigenvalue weighted by molar-refractivity contribution is -0.142. The summed E-state index contributed by atoms with van der Waals surface area (Å²) in [5, 5.41) is 18.5. The lowest BCUT2D eigenvalue weighted by atomic mass is 9.85. The number of hydrogen-bond donors (Lipinski definition) is 3. The van der Waals surface area contributed by atoms with Crippen molar-refractivity contribution < 1.29 is 15.0 Å². The predicted octanol–water partition coefficient (Wildman–Crippen LogP) is -0.0286. The van der Waals surface area contributed by atoms with Crippen molar-refractivity contribution in [3.05, 3.63) is 12.2 Å². The van der Waals surface area contributed by atoms with Crippen LogP contribution in [-0.4, -0.2) is 28.3 Å². The summed E-state index contributed by atoms with van der Waals surface area (Å²) in [5.74, 6) is -0.221. The smallest absolute Gasteiger partial charge is 0.323 e. The topological polar surface area (TPSA) is 83.6 Å². The lowest BCUT2D eigenvalue weighted by Gasteiger charge is -2.26. The Labute approximate surface area is 82.4 Å². The van der Waals surface area contributed by atoms with Crippen molar-refractivity contribution in [2.75, 3.05) is 0 Å². The van der Waals surface area contributed by atoms with Gasteiger partial charge in [0.15, 0.2) is 0 Å². The summed E-state index contributed by atoms with van der Waals surface area (Å²) in [6.07, 6.45) is 5.25. The number of rotatable bonds is 3. The fourth-order valence-electron chi connectivity index (χ4n) is 2.63. The number of aliphatic carboxylic acids is 1. The molecular formula is C10H15NO3. The van der Waals surface area contributed by atoms with E-state index < -0.39 is 18.1 Å². The van der Waals surface area contributed by atoms with E-state index in [2.05, 4.69) is 12.2 Å². The summed E-state index contributed by atoms with van der Waals surface area (Å²) >= 11 is 0. The van der Waals surface area contributed by atoms with E-state index in [0.29, 0.717) is 11.8 Å². The monoisotopic (exact) mass is 197 g/mol. The Bertz CT molecular complexity index is 277. The molecule has 2 bridgehead atoms. The zero-order valence-electron chi connectivity index (χ0n) is 7.84. The van der Waals surface area contributed by atoms with Crippen molar-refractivity contribution in [2.45, 2.75) is 25.0 Å². The van der Waals surface area contributed by atoms with Crippen molar-refractivity contribution in [2.24, 2.45) is 23.5 Å². The van der Waals surface area contributed by atoms with Crippen LogP contribution < -0.4 is 5.73 Å². The van der Waals surface area contributed by atoms with Crippen LogP contribution in [0.3, 0.4) is 0 Å². The van der Waals surface area contributed by atoms with Gasteiger partial charge in [-0.25, -0.2) is 0 Å². The molecule has 4 N–H and O–H groups in total. The van der Waals surface area contributed by atoms with Crippen molar-refractivity contribution >= 4 is 5.97 Å². The van der Waals surface area contributed by atoms with Gasteiger partial charge in [0.05, 0.1) is 6.10 Å². The molecule has 0 radical (unpaired) electrons. The maximum Gasteiger partial charge on any atom is 0.323 e. The summed E-state index contributed by atoms with van der Waals surface area (Å²) in [5.41, 5.74) is 5.40. The number of carboxylic acids is 1. The van der Waals surface area contributed by atoms with E-state index in [9.17, 15) is 9.90 Å². The Morgan fingerprint density at radius 2 is 2.14 bits per heavy atom. The first-order valence-corrected chi connectivity index (χ1v) is 4.94. The maximum absolute atomic E-state index is 10.6. The highest BCUT2D eigenvalue weighted by molar-refractivity contribution is 5.74. The zero-order chi connectivity index (χ0) is 10.3. The Kier molecular flexibility index (Phi) is 2.33. The van der Waals surface area contributed by atoms with Gasteiger partial charge in [0, 0.05) is 0 Å². The number of aliphatic hydroxyl groups is 1. The molecule has 0 heterocycles. The van der Waals surface area contributed by atoms with Crippen LogP contribution in [0.5, 0.6) is 0 Å². The van der Waals surface area contributed by atoms with Gasteiger partial charge in [0.1, 0.15) is 6.04 Å². The third kappa shape index (κ3) is 1.44. The van der Waals surface area contributed by atoms with E-state index in [1.54, 1.807) is 0 Å². The molecular weight excluding hydrogens is 182 g/mol. The van der Waals surface area contributed by atoms with Gasteiger partial charge >= 0.3 is 5.97 Å². The molecule has 2 rings (SSSR count). The maximum atomic E-state index is 10.6. The second-order valence-corrected chi connectivity index (χ2v) is 4.30. The number of aliphatic hydroxyl groups excluding tert-OH is 1. The van der Waals surface area contributed by atoms with E-state index in [-0.39, 0.29) is 5.92 Å². The minimum Gasteiger partial charge on any atom is -0.480 e. The minimum absolute atomic E-state index is 0.0381. The standard InChI is InChI=1S/C10H15NO3/c11-8(10(13)14)9(12)7-4-5-1-2-6(7)3-5/h1-2,5-9,12H,3-4,11H2,(H,13,14)/t5?,6?,7?,8-,9+/m0/s1. The quantitative estimate of drug-likeness (QED) is 0.555. The summed E-state index contributed by atoms with van der Waals surface area (Å²) in [7, 11) is 0. The highest BCUT2D eigenvalue weighted by Crippen LogP contribution is 2.45. The third-order valence-corrected chi connectivity index (χ3v) is 3.42. The average molecular weight is 197 g/mol. The highest BCUT2D eigenvalue weighted by atomic mass is 16.4. The van der Waals surface area contributed by atoms with Crippen LogP contribution in [0, 0.1) is 17.8 Å². The fourth-order valence-corrected chi connectivity index (χ4v) is 2.63. The number of carboxylic acid groups (broad SMARTS) is 1. The van der Waals surface area contributed by atoms with Crippen LogP contribution >= 0.6 is 0 Å².